The summed E-state index contributed by atoms with van der Waals surface area (Å²) in [7, 11) is 0. The summed E-state index contributed by atoms with van der Waals surface area (Å²) in [5.41, 5.74) is 2.05. The lowest BCUT2D eigenvalue weighted by molar-refractivity contribution is 0.562. The molecule has 0 amide bonds. The van der Waals surface area contributed by atoms with Gasteiger partial charge in [0.25, 0.3) is 0 Å². The average molecular weight is 182 g/mol. The Morgan fingerprint density at radius 1 is 1.58 bits per heavy atom. The fourth-order valence-corrected chi connectivity index (χ4v) is 1.12. The molecule has 2 nitrogen and oxygen atoms in total. The fourth-order valence-electron chi connectivity index (χ4n) is 0.928. The molecule has 0 bridgehead atoms. The molecule has 0 saturated carbocycles. The van der Waals surface area contributed by atoms with Crippen molar-refractivity contribution in [3.63, 3.8) is 0 Å². The zero-order valence-electron chi connectivity index (χ0n) is 6.67. The number of carbonyl (C=O) groups excluding carboxylic acids is 1. The van der Waals surface area contributed by atoms with Gasteiger partial charge >= 0.3 is 0 Å². The lowest BCUT2D eigenvalue weighted by atomic mass is 10.1. The van der Waals surface area contributed by atoms with Crippen molar-refractivity contribution >= 4 is 17.7 Å². The van der Waals surface area contributed by atoms with Crippen LogP contribution in [0.15, 0.2) is 23.2 Å². The zero-order chi connectivity index (χ0) is 8.97. The molecule has 0 fully saturated rings. The van der Waals surface area contributed by atoms with Crippen LogP contribution in [-0.4, -0.2) is 6.08 Å². The number of benzene rings is 1. The van der Waals surface area contributed by atoms with Crippen molar-refractivity contribution in [2.24, 2.45) is 4.99 Å². The summed E-state index contributed by atoms with van der Waals surface area (Å²) in [6, 6.07) is 5.51. The van der Waals surface area contributed by atoms with Crippen LogP contribution in [0.4, 0.5) is 0 Å². The number of halogens is 1. The third-order valence-corrected chi connectivity index (χ3v) is 1.86. The molecule has 1 aromatic rings. The van der Waals surface area contributed by atoms with Crippen LogP contribution in [0.3, 0.4) is 0 Å². The van der Waals surface area contributed by atoms with Gasteiger partial charge in [0.15, 0.2) is 0 Å². The summed E-state index contributed by atoms with van der Waals surface area (Å²) in [4.78, 5) is 13.3. The number of aliphatic imine (C=N–C) groups is 1. The maximum absolute atomic E-state index is 9.85. The molecule has 0 heterocycles. The monoisotopic (exact) mass is 181 g/mol. The van der Waals surface area contributed by atoms with Crippen molar-refractivity contribution in [3.8, 4) is 0 Å². The van der Waals surface area contributed by atoms with Gasteiger partial charge in [-0.3, -0.25) is 0 Å². The number of isocyanates is 1. The summed E-state index contributed by atoms with van der Waals surface area (Å²) >= 11 is 5.76. The van der Waals surface area contributed by atoms with Crippen molar-refractivity contribution in [1.29, 1.82) is 0 Å². The molecule has 0 unspecified atom stereocenters. The third-order valence-electron chi connectivity index (χ3n) is 1.63. The Balaban J connectivity index is 2.96. The van der Waals surface area contributed by atoms with E-state index in [2.05, 4.69) is 4.99 Å². The first-order valence-corrected chi connectivity index (χ1v) is 3.90. The van der Waals surface area contributed by atoms with E-state index in [0.717, 1.165) is 11.1 Å². The lowest BCUT2D eigenvalue weighted by Crippen LogP contribution is -1.86. The fraction of sp³-hybridized carbons (Fsp3) is 0.222. The molecular weight excluding hydrogens is 174 g/mol. The van der Waals surface area contributed by atoms with Crippen molar-refractivity contribution in [1.82, 2.24) is 0 Å². The summed E-state index contributed by atoms with van der Waals surface area (Å²) in [6.45, 7) is 2.31. The molecule has 62 valence electrons. The molecule has 0 aliphatic rings. The number of aryl methyl sites for hydroxylation is 1. The second kappa shape index (κ2) is 4.05. The number of hydrogen-bond acceptors (Lipinski definition) is 2. The van der Waals surface area contributed by atoms with Crippen LogP contribution in [0.2, 0.25) is 5.02 Å². The van der Waals surface area contributed by atoms with E-state index in [1.807, 2.05) is 19.1 Å². The van der Waals surface area contributed by atoms with Crippen molar-refractivity contribution in [2.45, 2.75) is 13.5 Å². The molecule has 0 aliphatic carbocycles. The Morgan fingerprint density at radius 3 is 3.00 bits per heavy atom. The van der Waals surface area contributed by atoms with Crippen LogP contribution >= 0.6 is 11.6 Å². The lowest BCUT2D eigenvalue weighted by Gasteiger charge is -2.00. The molecule has 1 aromatic carbocycles. The van der Waals surface area contributed by atoms with Crippen LogP contribution in [0.5, 0.6) is 0 Å². The maximum Gasteiger partial charge on any atom is 0.235 e. The van der Waals surface area contributed by atoms with E-state index in [-0.39, 0.29) is 0 Å². The van der Waals surface area contributed by atoms with Gasteiger partial charge in [0.1, 0.15) is 0 Å². The summed E-state index contributed by atoms with van der Waals surface area (Å²) < 4.78 is 0. The van der Waals surface area contributed by atoms with Crippen LogP contribution in [0, 0.1) is 6.92 Å². The van der Waals surface area contributed by atoms with Crippen LogP contribution in [0.1, 0.15) is 11.1 Å². The number of hydrogen-bond donors (Lipinski definition) is 0. The Hall–Kier alpha value is -1.11. The molecule has 0 N–H and O–H groups in total. The Labute approximate surface area is 75.9 Å². The number of nitrogens with zero attached hydrogens (tertiary/aromatic N) is 1. The highest BCUT2D eigenvalue weighted by atomic mass is 35.5. The van der Waals surface area contributed by atoms with Crippen molar-refractivity contribution in [2.75, 3.05) is 0 Å². The molecule has 3 heteroatoms. The predicted octanol–water partition coefficient (Wildman–Crippen LogP) is 2.48. The second-order valence-corrected chi connectivity index (χ2v) is 2.91. The van der Waals surface area contributed by atoms with Crippen LogP contribution in [0.25, 0.3) is 0 Å². The topological polar surface area (TPSA) is 29.4 Å². The highest BCUT2D eigenvalue weighted by molar-refractivity contribution is 6.30. The van der Waals surface area contributed by atoms with Gasteiger partial charge in [-0.05, 0) is 30.2 Å². The van der Waals surface area contributed by atoms with Gasteiger partial charge in [0, 0.05) is 5.02 Å². The van der Waals surface area contributed by atoms with Gasteiger partial charge < -0.3 is 0 Å². The molecule has 0 radical (unpaired) electrons. The molecular formula is C9H8ClNO. The maximum atomic E-state index is 9.85. The van der Waals surface area contributed by atoms with Gasteiger partial charge in [-0.1, -0.05) is 17.7 Å². The van der Waals surface area contributed by atoms with Gasteiger partial charge in [0.2, 0.25) is 6.08 Å². The van der Waals surface area contributed by atoms with E-state index < -0.39 is 0 Å². The van der Waals surface area contributed by atoms with Gasteiger partial charge in [0.05, 0.1) is 6.54 Å². The molecule has 0 atom stereocenters. The van der Waals surface area contributed by atoms with Gasteiger partial charge in [-0.15, -0.1) is 0 Å². The first-order valence-electron chi connectivity index (χ1n) is 3.52. The van der Waals surface area contributed by atoms with E-state index in [0.29, 0.717) is 11.6 Å². The summed E-state index contributed by atoms with van der Waals surface area (Å²) in [6.07, 6.45) is 1.49. The van der Waals surface area contributed by atoms with Crippen molar-refractivity contribution < 1.29 is 4.79 Å². The quantitative estimate of drug-likeness (QED) is 0.509. The highest BCUT2D eigenvalue weighted by Crippen LogP contribution is 2.15. The van der Waals surface area contributed by atoms with Crippen LogP contribution in [-0.2, 0) is 11.3 Å². The SMILES string of the molecule is Cc1ccc(Cl)cc1CN=C=O. The van der Waals surface area contributed by atoms with E-state index >= 15 is 0 Å². The zero-order valence-corrected chi connectivity index (χ0v) is 7.43. The summed E-state index contributed by atoms with van der Waals surface area (Å²) in [5.74, 6) is 0. The third kappa shape index (κ3) is 2.19. The van der Waals surface area contributed by atoms with E-state index in [1.54, 1.807) is 6.07 Å². The van der Waals surface area contributed by atoms with Gasteiger partial charge in [-0.25, -0.2) is 9.79 Å². The highest BCUT2D eigenvalue weighted by Gasteiger charge is 1.97. The first kappa shape index (κ1) is 8.98. The molecule has 1 rings (SSSR count). The largest absolute Gasteiger partial charge is 0.235 e. The first-order chi connectivity index (χ1) is 5.74. The Morgan fingerprint density at radius 2 is 2.33 bits per heavy atom. The van der Waals surface area contributed by atoms with E-state index in [4.69, 9.17) is 11.6 Å². The van der Waals surface area contributed by atoms with E-state index in [9.17, 15) is 4.79 Å². The summed E-state index contributed by atoms with van der Waals surface area (Å²) in [5, 5.41) is 0.664. The molecule has 0 aromatic heterocycles. The van der Waals surface area contributed by atoms with Gasteiger partial charge in [-0.2, -0.15) is 0 Å². The van der Waals surface area contributed by atoms with Crippen molar-refractivity contribution in [3.05, 3.63) is 34.3 Å². The average Bonchev–Trinajstić information content (AvgIpc) is 2.07. The smallest absolute Gasteiger partial charge is 0.211 e. The minimum Gasteiger partial charge on any atom is -0.211 e. The molecule has 0 spiro atoms. The minimum absolute atomic E-state index is 0.357. The Kier molecular flexibility index (Phi) is 3.03. The Bertz CT molecular complexity index is 329. The normalized spacial score (nSPS) is 9.17. The van der Waals surface area contributed by atoms with Crippen LogP contribution < -0.4 is 0 Å². The number of rotatable bonds is 2. The molecule has 12 heavy (non-hydrogen) atoms. The predicted molar refractivity (Wildman–Crippen MR) is 48.0 cm³/mol. The minimum atomic E-state index is 0.357. The molecule has 0 aliphatic heterocycles. The standard InChI is InChI=1S/C9H8ClNO/c1-7-2-3-9(10)4-8(7)5-11-6-12/h2-4H,5H2,1H3. The second-order valence-electron chi connectivity index (χ2n) is 2.48. The van der Waals surface area contributed by atoms with E-state index in [1.165, 1.54) is 6.08 Å². The molecule has 0 saturated heterocycles.